The number of nitrogens with one attached hydrogen (secondary N) is 1. The maximum absolute atomic E-state index is 13.9. The minimum atomic E-state index is -0.647. The molecule has 9 nitrogen and oxygen atoms in total. The van der Waals surface area contributed by atoms with Crippen LogP contribution in [-0.4, -0.2) is 75.0 Å². The molecule has 1 N–H and O–H groups in total. The summed E-state index contributed by atoms with van der Waals surface area (Å²) in [5.41, 5.74) is 1.95. The quantitative estimate of drug-likeness (QED) is 0.453. The molecule has 0 aromatic heterocycles. The Bertz CT molecular complexity index is 1160. The van der Waals surface area contributed by atoms with Crippen molar-refractivity contribution in [2.75, 3.05) is 47.5 Å². The molecule has 2 atom stereocenters. The number of fused-ring (bicyclic) bond motifs is 1. The average molecular weight is 524 g/mol. The summed E-state index contributed by atoms with van der Waals surface area (Å²) in [6, 6.07) is 10.4. The van der Waals surface area contributed by atoms with Gasteiger partial charge in [-0.05, 0) is 48.6 Å². The number of carbonyl (C=O) groups excluding carboxylic acids is 3. The molecule has 3 amide bonds. The van der Waals surface area contributed by atoms with E-state index in [1.165, 1.54) is 7.11 Å². The summed E-state index contributed by atoms with van der Waals surface area (Å²) < 4.78 is 16.7. The van der Waals surface area contributed by atoms with Crippen LogP contribution >= 0.6 is 0 Å². The minimum absolute atomic E-state index is 0.113. The molecule has 38 heavy (non-hydrogen) atoms. The number of rotatable bonds is 11. The zero-order valence-corrected chi connectivity index (χ0v) is 22.6. The predicted octanol–water partition coefficient (Wildman–Crippen LogP) is 3.53. The minimum Gasteiger partial charge on any atom is -0.493 e. The highest BCUT2D eigenvalue weighted by molar-refractivity contribution is 6.01. The second-order valence-electron chi connectivity index (χ2n) is 9.60. The number of hydrogen-bond donors (Lipinski definition) is 1. The van der Waals surface area contributed by atoms with Crippen molar-refractivity contribution in [3.63, 3.8) is 0 Å². The Kier molecular flexibility index (Phi) is 8.76. The summed E-state index contributed by atoms with van der Waals surface area (Å²) in [6.45, 7) is 4.33. The van der Waals surface area contributed by atoms with Gasteiger partial charge in [-0.25, -0.2) is 0 Å². The number of ether oxygens (including phenoxy) is 3. The van der Waals surface area contributed by atoms with Crippen LogP contribution in [0.1, 0.15) is 66.1 Å². The Balaban J connectivity index is 1.71. The molecule has 0 aliphatic carbocycles. The fourth-order valence-electron chi connectivity index (χ4n) is 5.54. The van der Waals surface area contributed by atoms with Crippen LogP contribution in [0.5, 0.6) is 17.2 Å². The van der Waals surface area contributed by atoms with Crippen molar-refractivity contribution < 1.29 is 28.6 Å². The number of amides is 3. The lowest BCUT2D eigenvalue weighted by Crippen LogP contribution is -2.48. The van der Waals surface area contributed by atoms with Gasteiger partial charge < -0.3 is 29.3 Å². The lowest BCUT2D eigenvalue weighted by molar-refractivity contribution is -0.127. The Morgan fingerprint density at radius 1 is 1.03 bits per heavy atom. The zero-order valence-electron chi connectivity index (χ0n) is 22.6. The van der Waals surface area contributed by atoms with Crippen LogP contribution in [0.2, 0.25) is 0 Å². The molecule has 1 fully saturated rings. The van der Waals surface area contributed by atoms with Gasteiger partial charge in [-0.1, -0.05) is 25.1 Å². The second-order valence-corrected chi connectivity index (χ2v) is 9.60. The summed E-state index contributed by atoms with van der Waals surface area (Å²) in [4.78, 5) is 43.1. The van der Waals surface area contributed by atoms with Crippen molar-refractivity contribution in [1.82, 2.24) is 15.1 Å². The molecule has 2 heterocycles. The van der Waals surface area contributed by atoms with Crippen LogP contribution in [-0.2, 0) is 9.59 Å². The van der Waals surface area contributed by atoms with Crippen molar-refractivity contribution >= 4 is 17.7 Å². The average Bonchev–Trinajstić information content (AvgIpc) is 3.35. The normalized spacial score (nSPS) is 18.8. The molecule has 2 aliphatic rings. The summed E-state index contributed by atoms with van der Waals surface area (Å²) in [5.74, 6) is 0.606. The smallest absolute Gasteiger partial charge is 0.254 e. The van der Waals surface area contributed by atoms with Crippen molar-refractivity contribution in [3.05, 3.63) is 53.1 Å². The molecule has 1 saturated heterocycles. The number of likely N-dealkylation sites (tertiary alicyclic amines) is 1. The van der Waals surface area contributed by atoms with Crippen LogP contribution in [0.15, 0.2) is 36.4 Å². The summed E-state index contributed by atoms with van der Waals surface area (Å²) in [7, 11) is 4.62. The van der Waals surface area contributed by atoms with Crippen LogP contribution in [0, 0.1) is 0 Å². The predicted molar refractivity (Wildman–Crippen MR) is 143 cm³/mol. The molecule has 0 radical (unpaired) electrons. The Hall–Kier alpha value is -3.75. The Morgan fingerprint density at radius 3 is 2.34 bits per heavy atom. The van der Waals surface area contributed by atoms with Gasteiger partial charge >= 0.3 is 0 Å². The lowest BCUT2D eigenvalue weighted by atomic mass is 9.79. The molecule has 0 saturated carbocycles. The molecule has 0 unspecified atom stereocenters. The van der Waals surface area contributed by atoms with E-state index in [1.807, 2.05) is 42.2 Å². The first-order chi connectivity index (χ1) is 18.4. The van der Waals surface area contributed by atoms with Gasteiger partial charge in [-0.2, -0.15) is 0 Å². The van der Waals surface area contributed by atoms with Gasteiger partial charge in [0.25, 0.3) is 5.91 Å². The van der Waals surface area contributed by atoms with Gasteiger partial charge in [-0.15, -0.1) is 0 Å². The van der Waals surface area contributed by atoms with Gasteiger partial charge in [0.1, 0.15) is 0 Å². The van der Waals surface area contributed by atoms with E-state index in [2.05, 4.69) is 5.32 Å². The first-order valence-electron chi connectivity index (χ1n) is 13.2. The largest absolute Gasteiger partial charge is 0.493 e. The fraction of sp³-hybridized carbons (Fsp3) is 0.483. The van der Waals surface area contributed by atoms with E-state index in [9.17, 15) is 14.4 Å². The molecule has 2 aromatic rings. The highest BCUT2D eigenvalue weighted by Crippen LogP contribution is 2.47. The van der Waals surface area contributed by atoms with E-state index < -0.39 is 12.0 Å². The summed E-state index contributed by atoms with van der Waals surface area (Å²) in [5, 5.41) is 3.09. The fourth-order valence-corrected chi connectivity index (χ4v) is 5.54. The van der Waals surface area contributed by atoms with Gasteiger partial charge in [0.15, 0.2) is 11.5 Å². The summed E-state index contributed by atoms with van der Waals surface area (Å²) in [6.07, 6.45) is 2.89. The highest BCUT2D eigenvalue weighted by Gasteiger charge is 2.44. The van der Waals surface area contributed by atoms with Crippen molar-refractivity contribution in [2.24, 2.45) is 0 Å². The SMILES string of the molecule is CCCN1C(=O)c2ccccc2[C@H](C(=O)NCCCN2CCCC2=O)[C@@H]1c1cc(OC)c(OC)c(OC)c1. The van der Waals surface area contributed by atoms with E-state index in [0.717, 1.165) is 24.9 Å². The molecule has 2 aromatic carbocycles. The van der Waals surface area contributed by atoms with Crippen LogP contribution < -0.4 is 19.5 Å². The van der Waals surface area contributed by atoms with E-state index in [4.69, 9.17) is 14.2 Å². The first kappa shape index (κ1) is 27.3. The molecular weight excluding hydrogens is 486 g/mol. The van der Waals surface area contributed by atoms with Crippen LogP contribution in [0.3, 0.4) is 0 Å². The molecule has 204 valence electrons. The van der Waals surface area contributed by atoms with E-state index >= 15 is 0 Å². The number of methoxy groups -OCH3 is 3. The molecule has 2 aliphatic heterocycles. The highest BCUT2D eigenvalue weighted by atomic mass is 16.5. The first-order valence-corrected chi connectivity index (χ1v) is 13.2. The third-order valence-corrected chi connectivity index (χ3v) is 7.29. The standard InChI is InChI=1S/C29H37N3O6/c1-5-14-32-26(19-17-22(36-2)27(38-4)23(18-19)37-3)25(20-10-6-7-11-21(20)29(32)35)28(34)30-13-9-16-31-15-8-12-24(31)33/h6-7,10-11,17-18,25-26H,5,8-9,12-16H2,1-4H3,(H,30,34)/t25-,26-/m0/s1. The van der Waals surface area contributed by atoms with Crippen molar-refractivity contribution in [2.45, 2.75) is 44.6 Å². The van der Waals surface area contributed by atoms with E-state index in [0.29, 0.717) is 60.9 Å². The Labute approximate surface area is 224 Å². The van der Waals surface area contributed by atoms with Gasteiger partial charge in [0.2, 0.25) is 17.6 Å². The van der Waals surface area contributed by atoms with Crippen molar-refractivity contribution in [1.29, 1.82) is 0 Å². The number of carbonyl (C=O) groups is 3. The molecule has 4 rings (SSSR count). The topological polar surface area (TPSA) is 97.4 Å². The molecule has 0 spiro atoms. The third kappa shape index (κ3) is 5.28. The summed E-state index contributed by atoms with van der Waals surface area (Å²) >= 11 is 0. The maximum atomic E-state index is 13.9. The zero-order chi connectivity index (χ0) is 27.2. The van der Waals surface area contributed by atoms with Crippen LogP contribution in [0.25, 0.3) is 0 Å². The number of benzene rings is 2. The molecular formula is C29H37N3O6. The molecule has 0 bridgehead atoms. The maximum Gasteiger partial charge on any atom is 0.254 e. The van der Waals surface area contributed by atoms with E-state index in [-0.39, 0.29) is 17.7 Å². The second kappa shape index (κ2) is 12.2. The monoisotopic (exact) mass is 523 g/mol. The van der Waals surface area contributed by atoms with E-state index in [1.54, 1.807) is 25.2 Å². The van der Waals surface area contributed by atoms with Crippen LogP contribution in [0.4, 0.5) is 0 Å². The Morgan fingerprint density at radius 2 is 1.74 bits per heavy atom. The number of nitrogens with zero attached hydrogens (tertiary/aromatic N) is 2. The van der Waals surface area contributed by atoms with Gasteiger partial charge in [-0.3, -0.25) is 14.4 Å². The number of hydrogen-bond acceptors (Lipinski definition) is 6. The molecule has 9 heteroatoms. The third-order valence-electron chi connectivity index (χ3n) is 7.29. The van der Waals surface area contributed by atoms with Crippen molar-refractivity contribution in [3.8, 4) is 17.2 Å². The van der Waals surface area contributed by atoms with Gasteiger partial charge in [0, 0.05) is 38.2 Å². The lowest BCUT2D eigenvalue weighted by Gasteiger charge is -2.42. The van der Waals surface area contributed by atoms with Gasteiger partial charge in [0.05, 0.1) is 33.3 Å².